The molecule has 2 aromatic rings. The van der Waals surface area contributed by atoms with Gasteiger partial charge in [0.2, 0.25) is 0 Å². The van der Waals surface area contributed by atoms with Gasteiger partial charge >= 0.3 is 5.97 Å². The molecule has 4 nitrogen and oxygen atoms in total. The number of nitrogens with two attached hydrogens (primary N) is 1. The molecule has 98 valence electrons. The number of hydrogen-bond donors (Lipinski definition) is 3. The van der Waals surface area contributed by atoms with Crippen molar-refractivity contribution < 1.29 is 14.3 Å². The van der Waals surface area contributed by atoms with Crippen molar-refractivity contribution in [3.8, 4) is 0 Å². The van der Waals surface area contributed by atoms with Gasteiger partial charge in [-0.3, -0.25) is 0 Å². The molecular weight excluding hydrogens is 315 g/mol. The zero-order valence-corrected chi connectivity index (χ0v) is 11.2. The molecule has 0 amide bonds. The molecule has 2 aromatic carbocycles. The summed E-state index contributed by atoms with van der Waals surface area (Å²) in [6, 6.07) is 8.90. The number of carbonyl (C=O) groups is 1. The molecule has 0 spiro atoms. The maximum absolute atomic E-state index is 13.7. The average Bonchev–Trinajstić information content (AvgIpc) is 2.34. The number of aromatic carboxylic acids is 1. The molecule has 0 saturated heterocycles. The van der Waals surface area contributed by atoms with Crippen LogP contribution >= 0.6 is 15.9 Å². The molecule has 0 fully saturated rings. The van der Waals surface area contributed by atoms with Crippen molar-refractivity contribution in [3.05, 3.63) is 52.3 Å². The van der Waals surface area contributed by atoms with Gasteiger partial charge in [0.15, 0.2) is 0 Å². The van der Waals surface area contributed by atoms with Crippen molar-refractivity contribution in [2.75, 3.05) is 11.1 Å². The molecule has 0 saturated carbocycles. The predicted molar refractivity (Wildman–Crippen MR) is 75.2 cm³/mol. The summed E-state index contributed by atoms with van der Waals surface area (Å²) < 4.78 is 14.3. The Labute approximate surface area is 117 Å². The van der Waals surface area contributed by atoms with E-state index in [4.69, 9.17) is 10.8 Å². The van der Waals surface area contributed by atoms with Gasteiger partial charge < -0.3 is 16.2 Å². The first kappa shape index (κ1) is 13.4. The number of nitrogens with one attached hydrogen (secondary N) is 1. The van der Waals surface area contributed by atoms with E-state index >= 15 is 0 Å². The Hall–Kier alpha value is -2.08. The van der Waals surface area contributed by atoms with Gasteiger partial charge in [0.05, 0.1) is 22.6 Å². The van der Waals surface area contributed by atoms with Crippen LogP contribution in [0.5, 0.6) is 0 Å². The molecule has 4 N–H and O–H groups in total. The first-order chi connectivity index (χ1) is 8.99. The minimum Gasteiger partial charge on any atom is -0.478 e. The van der Waals surface area contributed by atoms with Crippen LogP contribution in [0.25, 0.3) is 0 Å². The van der Waals surface area contributed by atoms with Crippen LogP contribution in [0.15, 0.2) is 40.9 Å². The van der Waals surface area contributed by atoms with E-state index in [1.807, 2.05) is 0 Å². The number of carboxylic acids is 1. The molecule has 0 aromatic heterocycles. The number of anilines is 3. The van der Waals surface area contributed by atoms with Crippen molar-refractivity contribution in [1.29, 1.82) is 0 Å². The van der Waals surface area contributed by atoms with E-state index in [2.05, 4.69) is 21.2 Å². The summed E-state index contributed by atoms with van der Waals surface area (Å²) in [6.07, 6.45) is 0. The lowest BCUT2D eigenvalue weighted by atomic mass is 10.1. The highest BCUT2D eigenvalue weighted by Crippen LogP contribution is 2.29. The van der Waals surface area contributed by atoms with Crippen molar-refractivity contribution in [1.82, 2.24) is 0 Å². The maximum Gasteiger partial charge on any atom is 0.337 e. The highest BCUT2D eigenvalue weighted by Gasteiger charge is 2.14. The predicted octanol–water partition coefficient (Wildman–Crippen LogP) is 3.61. The van der Waals surface area contributed by atoms with E-state index in [0.29, 0.717) is 4.47 Å². The largest absolute Gasteiger partial charge is 0.478 e. The van der Waals surface area contributed by atoms with Crippen LogP contribution in [0.2, 0.25) is 0 Å². The van der Waals surface area contributed by atoms with Crippen LogP contribution in [-0.4, -0.2) is 11.1 Å². The topological polar surface area (TPSA) is 75.4 Å². The molecule has 0 heterocycles. The van der Waals surface area contributed by atoms with Crippen LogP contribution in [-0.2, 0) is 0 Å². The minimum atomic E-state index is -1.13. The van der Waals surface area contributed by atoms with E-state index < -0.39 is 11.8 Å². The smallest absolute Gasteiger partial charge is 0.337 e. The van der Waals surface area contributed by atoms with E-state index in [1.165, 1.54) is 24.3 Å². The average molecular weight is 325 g/mol. The van der Waals surface area contributed by atoms with Gasteiger partial charge in [-0.1, -0.05) is 22.0 Å². The van der Waals surface area contributed by atoms with Gasteiger partial charge in [-0.15, -0.1) is 0 Å². The number of hydrogen-bond acceptors (Lipinski definition) is 3. The van der Waals surface area contributed by atoms with Gasteiger partial charge in [-0.25, -0.2) is 9.18 Å². The van der Waals surface area contributed by atoms with Crippen LogP contribution in [0.3, 0.4) is 0 Å². The maximum atomic E-state index is 13.7. The normalized spacial score (nSPS) is 10.2. The third-order valence-corrected chi connectivity index (χ3v) is 3.01. The lowest BCUT2D eigenvalue weighted by molar-refractivity contribution is 0.0698. The lowest BCUT2D eigenvalue weighted by Crippen LogP contribution is -2.06. The SMILES string of the molecule is Nc1cccc(C(=O)O)c1Nc1ccc(Br)cc1F. The quantitative estimate of drug-likeness (QED) is 0.754. The fraction of sp³-hybridized carbons (Fsp3) is 0. The first-order valence-corrected chi connectivity index (χ1v) is 6.12. The number of benzene rings is 2. The minimum absolute atomic E-state index is 0.0117. The van der Waals surface area contributed by atoms with Crippen LogP contribution in [0.1, 0.15) is 10.4 Å². The van der Waals surface area contributed by atoms with E-state index in [-0.39, 0.29) is 22.6 Å². The Morgan fingerprint density at radius 3 is 2.68 bits per heavy atom. The van der Waals surface area contributed by atoms with Gasteiger partial charge in [-0.05, 0) is 30.3 Å². The number of nitrogen functional groups attached to an aromatic ring is 1. The van der Waals surface area contributed by atoms with Crippen molar-refractivity contribution in [2.45, 2.75) is 0 Å². The number of carboxylic acid groups (broad SMARTS) is 1. The second-order valence-corrected chi connectivity index (χ2v) is 4.74. The summed E-state index contributed by atoms with van der Waals surface area (Å²) >= 11 is 3.15. The van der Waals surface area contributed by atoms with E-state index in [0.717, 1.165) is 0 Å². The Balaban J connectivity index is 2.46. The summed E-state index contributed by atoms with van der Waals surface area (Å²) in [5.41, 5.74) is 6.29. The lowest BCUT2D eigenvalue weighted by Gasteiger charge is -2.13. The Morgan fingerprint density at radius 2 is 2.05 bits per heavy atom. The van der Waals surface area contributed by atoms with Gasteiger partial charge in [0.1, 0.15) is 5.82 Å². The zero-order chi connectivity index (χ0) is 14.0. The molecule has 0 bridgehead atoms. The summed E-state index contributed by atoms with van der Waals surface area (Å²) in [5, 5.41) is 11.8. The fourth-order valence-corrected chi connectivity index (χ4v) is 1.95. The highest BCUT2D eigenvalue weighted by atomic mass is 79.9. The monoisotopic (exact) mass is 324 g/mol. The molecule has 19 heavy (non-hydrogen) atoms. The summed E-state index contributed by atoms with van der Waals surface area (Å²) in [4.78, 5) is 11.1. The third kappa shape index (κ3) is 2.85. The van der Waals surface area contributed by atoms with Crippen LogP contribution < -0.4 is 11.1 Å². The van der Waals surface area contributed by atoms with E-state index in [1.54, 1.807) is 12.1 Å². The molecular formula is C13H10BrFN2O2. The standard InChI is InChI=1S/C13H10BrFN2O2/c14-7-4-5-11(9(15)6-7)17-12-8(13(18)19)2-1-3-10(12)16/h1-6,17H,16H2,(H,18,19). The molecule has 0 atom stereocenters. The second kappa shape index (κ2) is 5.27. The summed E-state index contributed by atoms with van der Waals surface area (Å²) in [6.45, 7) is 0. The summed E-state index contributed by atoms with van der Waals surface area (Å²) in [7, 11) is 0. The Kier molecular flexibility index (Phi) is 3.71. The Bertz CT molecular complexity index is 647. The molecule has 0 radical (unpaired) electrons. The molecule has 0 aliphatic carbocycles. The number of rotatable bonds is 3. The van der Waals surface area contributed by atoms with Gasteiger partial charge in [-0.2, -0.15) is 0 Å². The second-order valence-electron chi connectivity index (χ2n) is 3.82. The molecule has 0 unspecified atom stereocenters. The number of para-hydroxylation sites is 1. The van der Waals surface area contributed by atoms with Crippen molar-refractivity contribution in [3.63, 3.8) is 0 Å². The Morgan fingerprint density at radius 1 is 1.32 bits per heavy atom. The van der Waals surface area contributed by atoms with Crippen molar-refractivity contribution in [2.24, 2.45) is 0 Å². The van der Waals surface area contributed by atoms with E-state index in [9.17, 15) is 9.18 Å². The highest BCUT2D eigenvalue weighted by molar-refractivity contribution is 9.10. The van der Waals surface area contributed by atoms with Crippen molar-refractivity contribution >= 4 is 39.0 Å². The molecule has 0 aliphatic rings. The number of halogens is 2. The summed E-state index contributed by atoms with van der Waals surface area (Å²) in [5.74, 6) is -1.64. The molecule has 2 rings (SSSR count). The zero-order valence-electron chi connectivity index (χ0n) is 9.65. The molecule has 0 aliphatic heterocycles. The van der Waals surface area contributed by atoms with Gasteiger partial charge in [0, 0.05) is 4.47 Å². The van der Waals surface area contributed by atoms with Crippen LogP contribution in [0.4, 0.5) is 21.5 Å². The third-order valence-electron chi connectivity index (χ3n) is 2.52. The van der Waals surface area contributed by atoms with Gasteiger partial charge in [0.25, 0.3) is 0 Å². The molecule has 6 heteroatoms. The van der Waals surface area contributed by atoms with Crippen LogP contribution in [0, 0.1) is 5.82 Å². The fourth-order valence-electron chi connectivity index (χ4n) is 1.61. The first-order valence-electron chi connectivity index (χ1n) is 5.33.